The van der Waals surface area contributed by atoms with E-state index in [2.05, 4.69) is 66.1 Å². The van der Waals surface area contributed by atoms with Crippen molar-refractivity contribution in [2.24, 2.45) is 0 Å². The van der Waals surface area contributed by atoms with Gasteiger partial charge in [0.2, 0.25) is 0 Å². The van der Waals surface area contributed by atoms with E-state index >= 15 is 0 Å². The van der Waals surface area contributed by atoms with Crippen LogP contribution < -0.4 is 4.74 Å². The molecular weight excluding hydrogens is 322 g/mol. The second-order valence-electron chi connectivity index (χ2n) is 7.75. The van der Waals surface area contributed by atoms with Gasteiger partial charge in [-0.2, -0.15) is 0 Å². The maximum Gasteiger partial charge on any atom is 0.120 e. The fourth-order valence-corrected chi connectivity index (χ4v) is 3.98. The summed E-state index contributed by atoms with van der Waals surface area (Å²) in [5.74, 6) is 1.39. The van der Waals surface area contributed by atoms with Crippen molar-refractivity contribution < 1.29 is 4.74 Å². The Bertz CT molecular complexity index is 928. The van der Waals surface area contributed by atoms with E-state index in [1.807, 2.05) is 13.1 Å². The number of nitrogens with one attached hydrogen (secondary N) is 1. The molecule has 0 aliphatic carbocycles. The highest BCUT2D eigenvalue weighted by atomic mass is 16.5. The summed E-state index contributed by atoms with van der Waals surface area (Å²) in [6, 6.07) is 10.7. The number of pyridine rings is 1. The fraction of sp³-hybridized carbons (Fsp3) is 0.409. The molecule has 0 bridgehead atoms. The quantitative estimate of drug-likeness (QED) is 0.739. The monoisotopic (exact) mass is 349 g/mol. The summed E-state index contributed by atoms with van der Waals surface area (Å²) in [5, 5.41) is 1.26. The number of H-pyrrole nitrogens is 1. The lowest BCUT2D eigenvalue weighted by Gasteiger charge is -2.14. The Labute approximate surface area is 155 Å². The van der Waals surface area contributed by atoms with Gasteiger partial charge >= 0.3 is 0 Å². The average Bonchev–Trinajstić information content (AvgIpc) is 3.18. The molecule has 0 saturated carbocycles. The number of ether oxygens (including phenoxy) is 1. The number of hydrogen-bond acceptors (Lipinski definition) is 3. The van der Waals surface area contributed by atoms with Crippen LogP contribution in [-0.4, -0.2) is 41.1 Å². The van der Waals surface area contributed by atoms with Crippen LogP contribution in [0.4, 0.5) is 0 Å². The van der Waals surface area contributed by atoms with Gasteiger partial charge in [-0.25, -0.2) is 0 Å². The topological polar surface area (TPSA) is 41.1 Å². The van der Waals surface area contributed by atoms with Crippen molar-refractivity contribution in [3.63, 3.8) is 0 Å². The van der Waals surface area contributed by atoms with Gasteiger partial charge < -0.3 is 14.6 Å². The molecule has 1 atom stereocenters. The first-order valence-corrected chi connectivity index (χ1v) is 9.45. The Hall–Kier alpha value is -2.33. The van der Waals surface area contributed by atoms with E-state index in [9.17, 15) is 0 Å². The third-order valence-corrected chi connectivity index (χ3v) is 5.22. The summed E-state index contributed by atoms with van der Waals surface area (Å²) in [5.41, 5.74) is 5.93. The summed E-state index contributed by atoms with van der Waals surface area (Å²) >= 11 is 0. The van der Waals surface area contributed by atoms with Gasteiger partial charge in [0.15, 0.2) is 0 Å². The van der Waals surface area contributed by atoms with E-state index in [1.165, 1.54) is 22.2 Å². The van der Waals surface area contributed by atoms with E-state index in [0.717, 1.165) is 36.5 Å². The van der Waals surface area contributed by atoms with Crippen molar-refractivity contribution in [3.05, 3.63) is 47.8 Å². The summed E-state index contributed by atoms with van der Waals surface area (Å²) in [6.07, 6.45) is 3.27. The molecule has 0 radical (unpaired) electrons. The van der Waals surface area contributed by atoms with E-state index in [1.54, 1.807) is 0 Å². The SMILES string of the molecule is Cc1cc(-c2[nH]c3ccc(OC4CCN(C)C4)cc3c2C(C)C)ccn1. The third kappa shape index (κ3) is 3.21. The third-order valence-electron chi connectivity index (χ3n) is 5.22. The molecule has 4 nitrogen and oxygen atoms in total. The normalized spacial score (nSPS) is 18.1. The Morgan fingerprint density at radius 2 is 2.08 bits per heavy atom. The van der Waals surface area contributed by atoms with Gasteiger partial charge in [-0.15, -0.1) is 0 Å². The van der Waals surface area contributed by atoms with Gasteiger partial charge in [-0.1, -0.05) is 13.8 Å². The zero-order chi connectivity index (χ0) is 18.3. The van der Waals surface area contributed by atoms with E-state index in [0.29, 0.717) is 12.0 Å². The molecule has 1 unspecified atom stereocenters. The summed E-state index contributed by atoms with van der Waals surface area (Å²) < 4.78 is 6.26. The van der Waals surface area contributed by atoms with Crippen LogP contribution in [-0.2, 0) is 0 Å². The number of nitrogens with zero attached hydrogens (tertiary/aromatic N) is 2. The lowest BCUT2D eigenvalue weighted by molar-refractivity contribution is 0.208. The maximum atomic E-state index is 6.26. The highest BCUT2D eigenvalue weighted by Gasteiger charge is 2.22. The van der Waals surface area contributed by atoms with Crippen molar-refractivity contribution in [1.82, 2.24) is 14.9 Å². The molecular formula is C22H27N3O. The molecule has 1 fully saturated rings. The minimum absolute atomic E-state index is 0.293. The zero-order valence-corrected chi connectivity index (χ0v) is 16.0. The van der Waals surface area contributed by atoms with Crippen molar-refractivity contribution in [2.75, 3.05) is 20.1 Å². The van der Waals surface area contributed by atoms with Crippen LogP contribution in [0.1, 0.15) is 37.4 Å². The molecule has 2 aromatic heterocycles. The second kappa shape index (κ2) is 6.76. The number of likely N-dealkylation sites (N-methyl/N-ethyl adjacent to an activating group) is 1. The van der Waals surface area contributed by atoms with E-state index in [4.69, 9.17) is 4.74 Å². The first kappa shape index (κ1) is 17.1. The highest BCUT2D eigenvalue weighted by Crippen LogP contribution is 2.37. The minimum Gasteiger partial charge on any atom is -0.489 e. The van der Waals surface area contributed by atoms with Crippen LogP contribution in [0, 0.1) is 6.92 Å². The van der Waals surface area contributed by atoms with Crippen LogP contribution in [0.3, 0.4) is 0 Å². The molecule has 1 saturated heterocycles. The van der Waals surface area contributed by atoms with Crippen molar-refractivity contribution >= 4 is 10.9 Å². The minimum atomic E-state index is 0.293. The average molecular weight is 349 g/mol. The fourth-order valence-electron chi connectivity index (χ4n) is 3.98. The van der Waals surface area contributed by atoms with Crippen molar-refractivity contribution in [3.8, 4) is 17.0 Å². The standard InChI is InChI=1S/C22H27N3O/c1-14(2)21-19-12-17(26-18-8-10-25(4)13-18)5-6-20(19)24-22(21)16-7-9-23-15(3)11-16/h5-7,9,11-12,14,18,24H,8,10,13H2,1-4H3. The number of aryl methyl sites for hydroxylation is 1. The number of aromatic amines is 1. The smallest absolute Gasteiger partial charge is 0.120 e. The molecule has 3 aromatic rings. The van der Waals surface area contributed by atoms with Gasteiger partial charge in [-0.3, -0.25) is 4.98 Å². The molecule has 1 N–H and O–H groups in total. The molecule has 1 aliphatic rings. The number of likely N-dealkylation sites (tertiary alicyclic amines) is 1. The molecule has 0 spiro atoms. The molecule has 0 amide bonds. The van der Waals surface area contributed by atoms with Gasteiger partial charge in [0.1, 0.15) is 11.9 Å². The van der Waals surface area contributed by atoms with E-state index < -0.39 is 0 Å². The summed E-state index contributed by atoms with van der Waals surface area (Å²) in [6.45, 7) is 8.65. The van der Waals surface area contributed by atoms with E-state index in [-0.39, 0.29) is 0 Å². The van der Waals surface area contributed by atoms with Crippen LogP contribution in [0.5, 0.6) is 5.75 Å². The highest BCUT2D eigenvalue weighted by molar-refractivity contribution is 5.92. The molecule has 4 heteroatoms. The van der Waals surface area contributed by atoms with Gasteiger partial charge in [-0.05, 0) is 62.2 Å². The lowest BCUT2D eigenvalue weighted by Crippen LogP contribution is -2.21. The van der Waals surface area contributed by atoms with Crippen molar-refractivity contribution in [1.29, 1.82) is 0 Å². The van der Waals surface area contributed by atoms with Crippen LogP contribution in [0.15, 0.2) is 36.5 Å². The van der Waals surface area contributed by atoms with Crippen LogP contribution in [0.25, 0.3) is 22.2 Å². The zero-order valence-electron chi connectivity index (χ0n) is 16.0. The largest absolute Gasteiger partial charge is 0.489 e. The second-order valence-corrected chi connectivity index (χ2v) is 7.75. The molecule has 26 heavy (non-hydrogen) atoms. The molecule has 1 aromatic carbocycles. The maximum absolute atomic E-state index is 6.26. The number of rotatable bonds is 4. The predicted octanol–water partition coefficient (Wildman–Crippen LogP) is 4.74. The number of fused-ring (bicyclic) bond motifs is 1. The molecule has 1 aliphatic heterocycles. The number of hydrogen-bond donors (Lipinski definition) is 1. The first-order valence-electron chi connectivity index (χ1n) is 9.45. The number of aromatic nitrogens is 2. The molecule has 136 valence electrons. The van der Waals surface area contributed by atoms with Crippen LogP contribution >= 0.6 is 0 Å². The summed E-state index contributed by atoms with van der Waals surface area (Å²) in [7, 11) is 2.15. The Kier molecular flexibility index (Phi) is 4.45. The Morgan fingerprint density at radius 3 is 2.77 bits per heavy atom. The predicted molar refractivity (Wildman–Crippen MR) is 107 cm³/mol. The Morgan fingerprint density at radius 1 is 1.23 bits per heavy atom. The van der Waals surface area contributed by atoms with Crippen molar-refractivity contribution in [2.45, 2.75) is 39.2 Å². The molecule has 4 rings (SSSR count). The molecule has 3 heterocycles. The Balaban J connectivity index is 1.76. The summed E-state index contributed by atoms with van der Waals surface area (Å²) in [4.78, 5) is 10.3. The van der Waals surface area contributed by atoms with Crippen LogP contribution in [0.2, 0.25) is 0 Å². The van der Waals surface area contributed by atoms with Gasteiger partial charge in [0, 0.05) is 41.4 Å². The first-order chi connectivity index (χ1) is 12.5. The van der Waals surface area contributed by atoms with Gasteiger partial charge in [0.05, 0.1) is 5.69 Å². The lowest BCUT2D eigenvalue weighted by atomic mass is 9.96. The number of benzene rings is 1. The van der Waals surface area contributed by atoms with Gasteiger partial charge in [0.25, 0.3) is 0 Å².